The molecule has 3 rings (SSSR count). The predicted octanol–water partition coefficient (Wildman–Crippen LogP) is 5.45. The number of fused-ring (bicyclic) bond motifs is 1. The highest BCUT2D eigenvalue weighted by Crippen LogP contribution is 2.31. The van der Waals surface area contributed by atoms with Gasteiger partial charge in [-0.05, 0) is 62.5 Å². The Morgan fingerprint density at radius 2 is 1.79 bits per heavy atom. The van der Waals surface area contributed by atoms with Crippen LogP contribution in [-0.2, 0) is 0 Å². The highest BCUT2D eigenvalue weighted by atomic mass is 79.9. The fraction of sp³-hybridized carbons (Fsp3) is 0.364. The van der Waals surface area contributed by atoms with Crippen LogP contribution in [-0.4, -0.2) is 48.6 Å². The van der Waals surface area contributed by atoms with Crippen molar-refractivity contribution in [1.82, 2.24) is 9.88 Å². The molecule has 3 aromatic rings. The average Bonchev–Trinajstić information content (AvgIpc) is 3.14. The van der Waals surface area contributed by atoms with Gasteiger partial charge >= 0.3 is 0 Å². The number of anilines is 1. The molecule has 1 aromatic heterocycles. The Kier molecular flexibility index (Phi) is 7.64. The molecule has 0 unspecified atom stereocenters. The molecule has 2 aromatic carbocycles. The Labute approximate surface area is 184 Å². The minimum Gasteiger partial charge on any atom is -0.494 e. The number of thiazole rings is 1. The lowest BCUT2D eigenvalue weighted by Gasteiger charge is -2.24. The lowest BCUT2D eigenvalue weighted by atomic mass is 10.2. The number of hydrogen-bond donors (Lipinski definition) is 0. The quantitative estimate of drug-likeness (QED) is 0.412. The van der Waals surface area contributed by atoms with Gasteiger partial charge in [0.15, 0.2) is 5.13 Å². The van der Waals surface area contributed by atoms with Crippen LogP contribution >= 0.6 is 27.3 Å². The Morgan fingerprint density at radius 3 is 2.45 bits per heavy atom. The van der Waals surface area contributed by atoms with E-state index in [-0.39, 0.29) is 5.91 Å². The molecule has 0 fully saturated rings. The fourth-order valence-electron chi connectivity index (χ4n) is 3.08. The van der Waals surface area contributed by atoms with Gasteiger partial charge in [-0.2, -0.15) is 0 Å². The molecule has 1 amide bonds. The van der Waals surface area contributed by atoms with E-state index in [1.165, 1.54) is 0 Å². The Morgan fingerprint density at radius 1 is 1.07 bits per heavy atom. The standard InChI is InChI=1S/C22H26BrN3O2S/c1-4-25(5-2)13-14-26(21(27)16-7-10-18(11-8-16)28-6-3)22-24-19-12-9-17(23)15-20(19)29-22/h7-12,15H,4-6,13-14H2,1-3H3. The van der Waals surface area contributed by atoms with Crippen LogP contribution in [0.4, 0.5) is 5.13 Å². The Hall–Kier alpha value is -1.96. The first kappa shape index (κ1) is 21.7. The van der Waals surface area contributed by atoms with Crippen LogP contribution in [0.15, 0.2) is 46.9 Å². The zero-order chi connectivity index (χ0) is 20.8. The van der Waals surface area contributed by atoms with Gasteiger partial charge in [-0.15, -0.1) is 0 Å². The van der Waals surface area contributed by atoms with Crippen LogP contribution < -0.4 is 9.64 Å². The molecule has 0 saturated carbocycles. The molecule has 5 nitrogen and oxygen atoms in total. The van der Waals surface area contributed by atoms with Gasteiger partial charge in [0.05, 0.1) is 16.8 Å². The van der Waals surface area contributed by atoms with E-state index in [1.54, 1.807) is 16.2 Å². The van der Waals surface area contributed by atoms with E-state index in [9.17, 15) is 4.79 Å². The second kappa shape index (κ2) is 10.2. The number of carbonyl (C=O) groups is 1. The molecular formula is C22H26BrN3O2S. The lowest BCUT2D eigenvalue weighted by molar-refractivity contribution is 0.0983. The van der Waals surface area contributed by atoms with Gasteiger partial charge in [0, 0.05) is 23.1 Å². The highest BCUT2D eigenvalue weighted by Gasteiger charge is 2.22. The summed E-state index contributed by atoms with van der Waals surface area (Å²) < 4.78 is 7.56. The summed E-state index contributed by atoms with van der Waals surface area (Å²) in [5.74, 6) is 0.724. The number of aromatic nitrogens is 1. The number of likely N-dealkylation sites (N-methyl/N-ethyl adjacent to an activating group) is 1. The second-order valence-corrected chi connectivity index (χ2v) is 8.47. The van der Waals surface area contributed by atoms with Crippen molar-refractivity contribution in [3.63, 3.8) is 0 Å². The van der Waals surface area contributed by atoms with Crippen LogP contribution in [0.2, 0.25) is 0 Å². The molecule has 0 atom stereocenters. The van der Waals surface area contributed by atoms with Crippen molar-refractivity contribution in [2.45, 2.75) is 20.8 Å². The first-order valence-corrected chi connectivity index (χ1v) is 11.5. The molecule has 0 N–H and O–H groups in total. The molecule has 0 radical (unpaired) electrons. The van der Waals surface area contributed by atoms with Crippen molar-refractivity contribution in [2.24, 2.45) is 0 Å². The Balaban J connectivity index is 1.91. The van der Waals surface area contributed by atoms with E-state index in [0.717, 1.165) is 45.2 Å². The van der Waals surface area contributed by atoms with Gasteiger partial charge < -0.3 is 9.64 Å². The van der Waals surface area contributed by atoms with Crippen molar-refractivity contribution in [3.05, 3.63) is 52.5 Å². The van der Waals surface area contributed by atoms with Crippen LogP contribution in [0.5, 0.6) is 5.75 Å². The van der Waals surface area contributed by atoms with Crippen molar-refractivity contribution in [1.29, 1.82) is 0 Å². The monoisotopic (exact) mass is 475 g/mol. The van der Waals surface area contributed by atoms with Crippen LogP contribution in [0.25, 0.3) is 10.2 Å². The van der Waals surface area contributed by atoms with Crippen LogP contribution in [0.3, 0.4) is 0 Å². The smallest absolute Gasteiger partial charge is 0.260 e. The SMILES string of the molecule is CCOc1ccc(C(=O)N(CCN(CC)CC)c2nc3ccc(Br)cc3s2)cc1. The highest BCUT2D eigenvalue weighted by molar-refractivity contribution is 9.10. The third kappa shape index (κ3) is 5.35. The minimum absolute atomic E-state index is 0.0432. The van der Waals surface area contributed by atoms with Crippen molar-refractivity contribution >= 4 is 48.5 Å². The van der Waals surface area contributed by atoms with Crippen LogP contribution in [0.1, 0.15) is 31.1 Å². The van der Waals surface area contributed by atoms with E-state index in [1.807, 2.05) is 49.4 Å². The molecule has 7 heteroatoms. The first-order valence-electron chi connectivity index (χ1n) is 9.88. The number of amides is 1. The average molecular weight is 476 g/mol. The van der Waals surface area contributed by atoms with Gasteiger partial charge in [0.25, 0.3) is 5.91 Å². The van der Waals surface area contributed by atoms with Crippen LogP contribution in [0, 0.1) is 0 Å². The maximum Gasteiger partial charge on any atom is 0.260 e. The molecular weight excluding hydrogens is 450 g/mol. The van der Waals surface area contributed by atoms with Gasteiger partial charge in [-0.25, -0.2) is 4.98 Å². The molecule has 0 spiro atoms. The largest absolute Gasteiger partial charge is 0.494 e. The third-order valence-electron chi connectivity index (χ3n) is 4.76. The van der Waals surface area contributed by atoms with Gasteiger partial charge in [0.2, 0.25) is 0 Å². The molecule has 29 heavy (non-hydrogen) atoms. The van der Waals surface area contributed by atoms with Gasteiger partial charge in [0.1, 0.15) is 5.75 Å². The summed E-state index contributed by atoms with van der Waals surface area (Å²) >= 11 is 5.05. The number of rotatable bonds is 9. The second-order valence-electron chi connectivity index (χ2n) is 6.55. The number of halogens is 1. The topological polar surface area (TPSA) is 45.7 Å². The van der Waals surface area contributed by atoms with Crippen molar-refractivity contribution < 1.29 is 9.53 Å². The number of hydrogen-bond acceptors (Lipinski definition) is 5. The van der Waals surface area contributed by atoms with Gasteiger partial charge in [-0.3, -0.25) is 9.69 Å². The summed E-state index contributed by atoms with van der Waals surface area (Å²) in [5.41, 5.74) is 1.54. The van der Waals surface area contributed by atoms with E-state index >= 15 is 0 Å². The van der Waals surface area contributed by atoms with Gasteiger partial charge in [-0.1, -0.05) is 41.1 Å². The van der Waals surface area contributed by atoms with E-state index in [4.69, 9.17) is 9.72 Å². The normalized spacial score (nSPS) is 11.2. The molecule has 1 heterocycles. The fourth-order valence-corrected chi connectivity index (χ4v) is 4.63. The minimum atomic E-state index is -0.0432. The maximum absolute atomic E-state index is 13.4. The molecule has 0 saturated heterocycles. The summed E-state index contributed by atoms with van der Waals surface area (Å²) in [5, 5.41) is 0.726. The summed E-state index contributed by atoms with van der Waals surface area (Å²) in [6.07, 6.45) is 0. The van der Waals surface area contributed by atoms with Crippen molar-refractivity contribution in [3.8, 4) is 5.75 Å². The molecule has 154 valence electrons. The molecule has 0 aliphatic rings. The number of nitrogens with zero attached hydrogens (tertiary/aromatic N) is 3. The third-order valence-corrected chi connectivity index (χ3v) is 6.30. The number of ether oxygens (including phenoxy) is 1. The zero-order valence-electron chi connectivity index (χ0n) is 17.0. The number of carbonyl (C=O) groups excluding carboxylic acids is 1. The molecule has 0 bridgehead atoms. The summed E-state index contributed by atoms with van der Waals surface area (Å²) in [7, 11) is 0. The molecule has 0 aliphatic heterocycles. The number of benzene rings is 2. The van der Waals surface area contributed by atoms with E-state index in [2.05, 4.69) is 34.7 Å². The molecule has 0 aliphatic carbocycles. The predicted molar refractivity (Wildman–Crippen MR) is 124 cm³/mol. The van der Waals surface area contributed by atoms with E-state index < -0.39 is 0 Å². The Bertz CT molecular complexity index is 954. The summed E-state index contributed by atoms with van der Waals surface area (Å²) in [4.78, 5) is 22.2. The summed E-state index contributed by atoms with van der Waals surface area (Å²) in [6.45, 7) is 10.1. The van der Waals surface area contributed by atoms with Crippen molar-refractivity contribution in [2.75, 3.05) is 37.7 Å². The zero-order valence-corrected chi connectivity index (χ0v) is 19.4. The maximum atomic E-state index is 13.4. The van der Waals surface area contributed by atoms with E-state index in [0.29, 0.717) is 18.7 Å². The first-order chi connectivity index (χ1) is 14.0. The lowest BCUT2D eigenvalue weighted by Crippen LogP contribution is -2.38. The summed E-state index contributed by atoms with van der Waals surface area (Å²) in [6, 6.07) is 13.3.